The van der Waals surface area contributed by atoms with Crippen molar-refractivity contribution in [1.29, 1.82) is 0 Å². The van der Waals surface area contributed by atoms with Gasteiger partial charge < -0.3 is 20.3 Å². The van der Waals surface area contributed by atoms with Gasteiger partial charge in [-0.25, -0.2) is 4.79 Å². The van der Waals surface area contributed by atoms with Crippen molar-refractivity contribution in [3.05, 3.63) is 24.9 Å². The van der Waals surface area contributed by atoms with Crippen LogP contribution in [0.4, 0.5) is 4.79 Å². The van der Waals surface area contributed by atoms with Crippen LogP contribution in [0.15, 0.2) is 24.9 Å². The van der Waals surface area contributed by atoms with E-state index >= 15 is 0 Å². The first-order valence-corrected chi connectivity index (χ1v) is 10.6. The Morgan fingerprint density at radius 2 is 1.86 bits per heavy atom. The van der Waals surface area contributed by atoms with Gasteiger partial charge in [0.25, 0.3) is 0 Å². The van der Waals surface area contributed by atoms with E-state index in [1.807, 2.05) is 25.7 Å². The van der Waals surface area contributed by atoms with Crippen LogP contribution in [-0.4, -0.2) is 47.7 Å². The largest absolute Gasteiger partial charge is 0.444 e. The molecular weight excluding hydrogens is 354 g/mol. The predicted octanol–water partition coefficient (Wildman–Crippen LogP) is 3.74. The highest BCUT2D eigenvalue weighted by molar-refractivity contribution is 5.86. The van der Waals surface area contributed by atoms with E-state index in [9.17, 15) is 9.59 Å². The van der Waals surface area contributed by atoms with Crippen LogP contribution in [0.2, 0.25) is 0 Å². The maximum atomic E-state index is 13.5. The lowest BCUT2D eigenvalue weighted by atomic mass is 9.83. The van der Waals surface area contributed by atoms with Crippen molar-refractivity contribution in [2.45, 2.75) is 83.4 Å². The quantitative estimate of drug-likeness (QED) is 0.649. The van der Waals surface area contributed by atoms with Gasteiger partial charge in [0.2, 0.25) is 5.91 Å². The number of likely N-dealkylation sites (tertiary alicyclic amines) is 1. The number of carbonyl (C=O) groups is 2. The molecule has 0 unspecified atom stereocenters. The van der Waals surface area contributed by atoms with Crippen molar-refractivity contribution in [3.8, 4) is 0 Å². The smallest absolute Gasteiger partial charge is 0.408 e. The standard InChI is InChI=1S/C22H37N3O3/c1-6-16(2)23-15-18-13-10-14-25(18)20(26)19(17-11-8-7-9-12-17)24-21(27)28-22(3,4)5/h6,17-19,23H,1-2,7-15H2,3-5H3,(H,24,27)/t18-,19-/m0/s1. The molecule has 2 N–H and O–H groups in total. The van der Waals surface area contributed by atoms with E-state index in [1.54, 1.807) is 6.08 Å². The first-order valence-electron chi connectivity index (χ1n) is 10.6. The first-order chi connectivity index (χ1) is 13.2. The summed E-state index contributed by atoms with van der Waals surface area (Å²) >= 11 is 0. The summed E-state index contributed by atoms with van der Waals surface area (Å²) in [5.74, 6) is 0.192. The van der Waals surface area contributed by atoms with Crippen LogP contribution in [-0.2, 0) is 9.53 Å². The summed E-state index contributed by atoms with van der Waals surface area (Å²) in [6, 6.07) is -0.408. The number of hydrogen-bond donors (Lipinski definition) is 2. The van der Waals surface area contributed by atoms with Crippen molar-refractivity contribution in [2.75, 3.05) is 13.1 Å². The molecule has 0 bridgehead atoms. The van der Waals surface area contributed by atoms with Crippen LogP contribution in [0.3, 0.4) is 0 Å². The molecule has 1 aliphatic carbocycles. The number of rotatable bonds is 7. The number of amides is 2. The average Bonchev–Trinajstić information content (AvgIpc) is 3.11. The summed E-state index contributed by atoms with van der Waals surface area (Å²) in [7, 11) is 0. The minimum atomic E-state index is -0.588. The Kier molecular flexibility index (Phi) is 7.96. The van der Waals surface area contributed by atoms with Gasteiger partial charge >= 0.3 is 6.09 Å². The second kappa shape index (κ2) is 9.99. The van der Waals surface area contributed by atoms with E-state index in [0.29, 0.717) is 6.54 Å². The fourth-order valence-electron chi connectivity index (χ4n) is 4.12. The minimum Gasteiger partial charge on any atom is -0.444 e. The Balaban J connectivity index is 2.09. The van der Waals surface area contributed by atoms with Gasteiger partial charge in [0, 0.05) is 24.8 Å². The summed E-state index contributed by atoms with van der Waals surface area (Å²) in [6.45, 7) is 14.5. The zero-order chi connectivity index (χ0) is 20.7. The van der Waals surface area contributed by atoms with Crippen molar-refractivity contribution in [1.82, 2.24) is 15.5 Å². The minimum absolute atomic E-state index is 0.0197. The first kappa shape index (κ1) is 22.3. The zero-order valence-corrected chi connectivity index (χ0v) is 17.8. The van der Waals surface area contributed by atoms with Crippen molar-refractivity contribution >= 4 is 12.0 Å². The highest BCUT2D eigenvalue weighted by atomic mass is 16.6. The molecule has 2 fully saturated rings. The molecule has 2 aliphatic rings. The molecule has 28 heavy (non-hydrogen) atoms. The molecule has 2 atom stereocenters. The molecule has 1 saturated carbocycles. The zero-order valence-electron chi connectivity index (χ0n) is 17.8. The normalized spacial score (nSPS) is 21.7. The number of nitrogens with zero attached hydrogens (tertiary/aromatic N) is 1. The number of ether oxygens (including phenoxy) is 1. The number of hydrogen-bond acceptors (Lipinski definition) is 4. The summed E-state index contributed by atoms with van der Waals surface area (Å²) in [5, 5.41) is 6.14. The van der Waals surface area contributed by atoms with E-state index < -0.39 is 17.7 Å². The summed E-state index contributed by atoms with van der Waals surface area (Å²) in [4.78, 5) is 27.8. The molecule has 0 aromatic carbocycles. The Morgan fingerprint density at radius 3 is 2.46 bits per heavy atom. The topological polar surface area (TPSA) is 70.7 Å². The lowest BCUT2D eigenvalue weighted by Gasteiger charge is -2.35. The third kappa shape index (κ3) is 6.57. The molecule has 0 spiro atoms. The Bertz CT molecular complexity index is 576. The number of nitrogens with one attached hydrogen (secondary N) is 2. The molecule has 6 heteroatoms. The molecule has 158 valence electrons. The summed E-state index contributed by atoms with van der Waals surface area (Å²) < 4.78 is 5.44. The maximum Gasteiger partial charge on any atom is 0.408 e. The maximum absolute atomic E-state index is 13.5. The lowest BCUT2D eigenvalue weighted by molar-refractivity contribution is -0.136. The van der Waals surface area contributed by atoms with Gasteiger partial charge in [0.1, 0.15) is 11.6 Å². The molecule has 6 nitrogen and oxygen atoms in total. The molecular formula is C22H37N3O3. The second-order valence-corrected chi connectivity index (χ2v) is 8.96. The highest BCUT2D eigenvalue weighted by Crippen LogP contribution is 2.29. The third-order valence-corrected chi connectivity index (χ3v) is 5.53. The summed E-state index contributed by atoms with van der Waals surface area (Å²) in [6.07, 6.45) is 8.44. The van der Waals surface area contributed by atoms with Gasteiger partial charge in [-0.15, -0.1) is 0 Å². The van der Waals surface area contributed by atoms with Gasteiger partial charge in [-0.2, -0.15) is 0 Å². The van der Waals surface area contributed by atoms with Crippen LogP contribution in [0.5, 0.6) is 0 Å². The van der Waals surface area contributed by atoms with Gasteiger partial charge in [0.15, 0.2) is 0 Å². The van der Waals surface area contributed by atoms with Gasteiger partial charge in [-0.05, 0) is 58.4 Å². The Hall–Kier alpha value is -1.98. The third-order valence-electron chi connectivity index (χ3n) is 5.53. The van der Waals surface area contributed by atoms with Crippen molar-refractivity contribution < 1.29 is 14.3 Å². The molecule has 0 aromatic heterocycles. The second-order valence-electron chi connectivity index (χ2n) is 8.96. The Morgan fingerprint density at radius 1 is 1.18 bits per heavy atom. The number of allylic oxidation sites excluding steroid dienone is 1. The average molecular weight is 392 g/mol. The van der Waals surface area contributed by atoms with Crippen LogP contribution < -0.4 is 10.6 Å². The number of alkyl carbamates (subject to hydrolysis) is 1. The van der Waals surface area contributed by atoms with Crippen LogP contribution in [0.25, 0.3) is 0 Å². The van der Waals surface area contributed by atoms with Crippen molar-refractivity contribution in [2.24, 2.45) is 5.92 Å². The van der Waals surface area contributed by atoms with E-state index in [0.717, 1.165) is 50.8 Å². The molecule has 0 aromatic rings. The molecule has 1 saturated heterocycles. The number of carbonyl (C=O) groups excluding carboxylic acids is 2. The summed E-state index contributed by atoms with van der Waals surface area (Å²) in [5.41, 5.74) is 0.171. The Labute approximate surface area is 169 Å². The highest BCUT2D eigenvalue weighted by Gasteiger charge is 2.38. The SMILES string of the molecule is C=CC(=C)NC[C@@H]1CCCN1C(=O)[C@@H](NC(=O)OC(C)(C)C)C1CCCCC1. The van der Waals surface area contributed by atoms with Gasteiger partial charge in [-0.1, -0.05) is 32.4 Å². The molecule has 2 amide bonds. The van der Waals surface area contributed by atoms with E-state index in [4.69, 9.17) is 4.74 Å². The van der Waals surface area contributed by atoms with Gasteiger partial charge in [-0.3, -0.25) is 4.79 Å². The van der Waals surface area contributed by atoms with Crippen molar-refractivity contribution in [3.63, 3.8) is 0 Å². The monoisotopic (exact) mass is 391 g/mol. The lowest BCUT2D eigenvalue weighted by Crippen LogP contribution is -2.55. The molecule has 1 aliphatic heterocycles. The predicted molar refractivity (Wildman–Crippen MR) is 112 cm³/mol. The van der Waals surface area contributed by atoms with Crippen LogP contribution in [0, 0.1) is 5.92 Å². The van der Waals surface area contributed by atoms with Crippen LogP contribution in [0.1, 0.15) is 65.7 Å². The molecule has 0 radical (unpaired) electrons. The van der Waals surface area contributed by atoms with E-state index in [2.05, 4.69) is 23.8 Å². The molecule has 1 heterocycles. The fourth-order valence-corrected chi connectivity index (χ4v) is 4.12. The van der Waals surface area contributed by atoms with E-state index in [1.165, 1.54) is 6.42 Å². The molecule has 2 rings (SSSR count). The van der Waals surface area contributed by atoms with E-state index in [-0.39, 0.29) is 17.9 Å². The fraction of sp³-hybridized carbons (Fsp3) is 0.727. The van der Waals surface area contributed by atoms with Gasteiger partial charge in [0.05, 0.1) is 0 Å². The van der Waals surface area contributed by atoms with Crippen LogP contribution >= 0.6 is 0 Å².